The molecule has 2 aliphatic heterocycles. The Labute approximate surface area is 226 Å². The molecule has 1 saturated heterocycles. The number of fused-ring (bicyclic) bond motifs is 1. The van der Waals surface area contributed by atoms with Crippen LogP contribution in [-0.4, -0.2) is 94.7 Å². The van der Waals surface area contributed by atoms with Gasteiger partial charge in [-0.25, -0.2) is 4.39 Å². The van der Waals surface area contributed by atoms with Gasteiger partial charge in [-0.05, 0) is 63.6 Å². The second kappa shape index (κ2) is 12.1. The quantitative estimate of drug-likeness (QED) is 0.306. The minimum atomic E-state index is -0.959. The number of aryl methyl sites for hydroxylation is 1. The van der Waals surface area contributed by atoms with Gasteiger partial charge in [0.25, 0.3) is 11.8 Å². The highest BCUT2D eigenvalue weighted by atomic mass is 19.1. The number of aromatic amines is 1. The standard InChI is InChI=1S/C28H36FN5O5/c1-16-24(15-22-21-12-18(29)4-5-23(21)32-27(22)38)31-17(2)26(16)28(39)30-7-6-19(35)13-20(36)14-25(37)34-10-8-33(3)9-11-34/h4-5,12,15,19-20,31,35-36H,6-11,13-14H2,1-3H3,(H,30,39)(H,32,38)/b22-15-/t19-,20-/m1/s1. The molecule has 2 atom stereocenters. The molecule has 3 heterocycles. The highest BCUT2D eigenvalue weighted by molar-refractivity contribution is 6.34. The monoisotopic (exact) mass is 541 g/mol. The van der Waals surface area contributed by atoms with Crippen LogP contribution in [0.3, 0.4) is 0 Å². The molecule has 2 aliphatic rings. The van der Waals surface area contributed by atoms with Crippen molar-refractivity contribution in [1.29, 1.82) is 0 Å². The first-order chi connectivity index (χ1) is 18.5. The fraction of sp³-hybridized carbons (Fsp3) is 0.464. The molecule has 3 amide bonds. The number of aliphatic hydroxyl groups is 2. The normalized spacial score (nSPS) is 18.2. The lowest BCUT2D eigenvalue weighted by Crippen LogP contribution is -2.47. The van der Waals surface area contributed by atoms with Gasteiger partial charge in [-0.2, -0.15) is 0 Å². The average molecular weight is 542 g/mol. The van der Waals surface area contributed by atoms with E-state index in [2.05, 4.69) is 20.5 Å². The number of nitrogens with one attached hydrogen (secondary N) is 3. The summed E-state index contributed by atoms with van der Waals surface area (Å²) in [6.45, 7) is 6.54. The first-order valence-corrected chi connectivity index (χ1v) is 13.2. The highest BCUT2D eigenvalue weighted by Gasteiger charge is 2.26. The molecule has 10 nitrogen and oxygen atoms in total. The van der Waals surface area contributed by atoms with E-state index < -0.39 is 18.0 Å². The summed E-state index contributed by atoms with van der Waals surface area (Å²) < 4.78 is 13.8. The molecule has 1 fully saturated rings. The van der Waals surface area contributed by atoms with E-state index >= 15 is 0 Å². The van der Waals surface area contributed by atoms with E-state index in [0.29, 0.717) is 52.4 Å². The predicted octanol–water partition coefficient (Wildman–Crippen LogP) is 1.66. The number of aromatic nitrogens is 1. The van der Waals surface area contributed by atoms with Crippen molar-refractivity contribution in [1.82, 2.24) is 20.1 Å². The fourth-order valence-electron chi connectivity index (χ4n) is 5.05. The van der Waals surface area contributed by atoms with Crippen molar-refractivity contribution in [2.24, 2.45) is 0 Å². The van der Waals surface area contributed by atoms with Crippen LogP contribution in [0.25, 0.3) is 11.6 Å². The predicted molar refractivity (Wildman–Crippen MR) is 145 cm³/mol. The lowest BCUT2D eigenvalue weighted by Gasteiger charge is -2.33. The number of carbonyl (C=O) groups excluding carboxylic acids is 3. The highest BCUT2D eigenvalue weighted by Crippen LogP contribution is 2.34. The molecular weight excluding hydrogens is 505 g/mol. The summed E-state index contributed by atoms with van der Waals surface area (Å²) in [7, 11) is 2.00. The third-order valence-electron chi connectivity index (χ3n) is 7.33. The van der Waals surface area contributed by atoms with Gasteiger partial charge in [0.2, 0.25) is 5.91 Å². The van der Waals surface area contributed by atoms with Crippen molar-refractivity contribution < 1.29 is 29.0 Å². The van der Waals surface area contributed by atoms with Gasteiger partial charge in [-0.3, -0.25) is 14.4 Å². The van der Waals surface area contributed by atoms with Crippen molar-refractivity contribution in [2.45, 2.75) is 45.3 Å². The summed E-state index contributed by atoms with van der Waals surface area (Å²) in [5, 5.41) is 26.1. The topological polar surface area (TPSA) is 138 Å². The fourth-order valence-corrected chi connectivity index (χ4v) is 5.05. The van der Waals surface area contributed by atoms with Gasteiger partial charge in [0.15, 0.2) is 0 Å². The van der Waals surface area contributed by atoms with Crippen molar-refractivity contribution in [2.75, 3.05) is 45.1 Å². The Kier molecular flexibility index (Phi) is 8.83. The number of anilines is 1. The van der Waals surface area contributed by atoms with Crippen LogP contribution in [0, 0.1) is 19.7 Å². The zero-order valence-corrected chi connectivity index (χ0v) is 22.5. The van der Waals surface area contributed by atoms with E-state index in [1.165, 1.54) is 18.2 Å². The lowest BCUT2D eigenvalue weighted by atomic mass is 10.0. The molecule has 0 bridgehead atoms. The first-order valence-electron chi connectivity index (χ1n) is 13.2. The Balaban J connectivity index is 1.30. The summed E-state index contributed by atoms with van der Waals surface area (Å²) in [6, 6.07) is 4.08. The molecule has 0 radical (unpaired) electrons. The number of piperazine rings is 1. The number of hydrogen-bond donors (Lipinski definition) is 5. The van der Waals surface area contributed by atoms with Crippen LogP contribution in [0.2, 0.25) is 0 Å². The molecule has 5 N–H and O–H groups in total. The third-order valence-corrected chi connectivity index (χ3v) is 7.33. The minimum absolute atomic E-state index is 0.0394. The van der Waals surface area contributed by atoms with E-state index in [9.17, 15) is 29.0 Å². The molecule has 1 aromatic heterocycles. The first kappa shape index (κ1) is 28.5. The Morgan fingerprint density at radius 1 is 1.15 bits per heavy atom. The van der Waals surface area contributed by atoms with Gasteiger partial charge in [-0.1, -0.05) is 0 Å². The van der Waals surface area contributed by atoms with E-state index in [1.807, 2.05) is 7.05 Å². The summed E-state index contributed by atoms with van der Waals surface area (Å²) in [5.74, 6) is -1.27. The van der Waals surface area contributed by atoms with Gasteiger partial charge in [0, 0.05) is 55.4 Å². The number of hydrogen-bond acceptors (Lipinski definition) is 6. The lowest BCUT2D eigenvalue weighted by molar-refractivity contribution is -0.135. The molecule has 0 unspecified atom stereocenters. The maximum absolute atomic E-state index is 13.8. The van der Waals surface area contributed by atoms with Gasteiger partial charge < -0.3 is 35.6 Å². The van der Waals surface area contributed by atoms with Crippen molar-refractivity contribution >= 4 is 35.1 Å². The summed E-state index contributed by atoms with van der Waals surface area (Å²) >= 11 is 0. The van der Waals surface area contributed by atoms with Crippen LogP contribution >= 0.6 is 0 Å². The maximum Gasteiger partial charge on any atom is 0.256 e. The van der Waals surface area contributed by atoms with Gasteiger partial charge in [0.1, 0.15) is 5.82 Å². The molecule has 11 heteroatoms. The largest absolute Gasteiger partial charge is 0.393 e. The summed E-state index contributed by atoms with van der Waals surface area (Å²) in [5.41, 5.74) is 3.51. The average Bonchev–Trinajstić information content (AvgIpc) is 3.33. The van der Waals surface area contributed by atoms with Crippen molar-refractivity contribution in [3.05, 3.63) is 52.1 Å². The zero-order chi connectivity index (χ0) is 28.3. The Hall–Kier alpha value is -3.54. The van der Waals surface area contributed by atoms with Crippen LogP contribution in [-0.2, 0) is 9.59 Å². The molecule has 2 aromatic rings. The molecule has 39 heavy (non-hydrogen) atoms. The number of likely N-dealkylation sites (N-methyl/N-ethyl adjacent to an activating group) is 1. The number of carbonyl (C=O) groups is 3. The number of H-pyrrole nitrogens is 1. The zero-order valence-electron chi connectivity index (χ0n) is 22.5. The van der Waals surface area contributed by atoms with Crippen molar-refractivity contribution in [3.63, 3.8) is 0 Å². The maximum atomic E-state index is 13.8. The van der Waals surface area contributed by atoms with E-state index in [1.54, 1.807) is 24.8 Å². The Morgan fingerprint density at radius 3 is 2.59 bits per heavy atom. The molecule has 210 valence electrons. The van der Waals surface area contributed by atoms with E-state index in [0.717, 1.165) is 13.1 Å². The Morgan fingerprint density at radius 2 is 1.87 bits per heavy atom. The minimum Gasteiger partial charge on any atom is -0.393 e. The van der Waals surface area contributed by atoms with Crippen LogP contribution in [0.5, 0.6) is 0 Å². The van der Waals surface area contributed by atoms with Gasteiger partial charge >= 0.3 is 0 Å². The SMILES string of the molecule is Cc1[nH]c(/C=C2\C(=O)Nc3ccc(F)cc32)c(C)c1C(=O)NCC[C@@H](O)C[C@@H](O)CC(=O)N1CCN(C)CC1. The number of amides is 3. The van der Waals surface area contributed by atoms with Crippen LogP contribution in [0.4, 0.5) is 10.1 Å². The molecule has 1 aromatic carbocycles. The molecular formula is C28H36FN5O5. The molecule has 0 saturated carbocycles. The van der Waals surface area contributed by atoms with Gasteiger partial charge in [0.05, 0.1) is 29.8 Å². The summed E-state index contributed by atoms with van der Waals surface area (Å²) in [6.07, 6.45) is -0.0154. The van der Waals surface area contributed by atoms with Gasteiger partial charge in [-0.15, -0.1) is 0 Å². The van der Waals surface area contributed by atoms with E-state index in [-0.39, 0.29) is 43.5 Å². The summed E-state index contributed by atoms with van der Waals surface area (Å²) in [4.78, 5) is 44.8. The second-order valence-corrected chi connectivity index (χ2v) is 10.3. The molecule has 0 aliphatic carbocycles. The molecule has 0 spiro atoms. The molecule has 4 rings (SSSR count). The van der Waals surface area contributed by atoms with Crippen molar-refractivity contribution in [3.8, 4) is 0 Å². The third kappa shape index (κ3) is 6.73. The smallest absolute Gasteiger partial charge is 0.256 e. The number of halogens is 1. The number of nitrogens with zero attached hydrogens (tertiary/aromatic N) is 2. The second-order valence-electron chi connectivity index (χ2n) is 10.3. The van der Waals surface area contributed by atoms with Crippen LogP contribution < -0.4 is 10.6 Å². The van der Waals surface area contributed by atoms with E-state index in [4.69, 9.17) is 0 Å². The number of aliphatic hydroxyl groups excluding tert-OH is 2. The van der Waals surface area contributed by atoms with Crippen LogP contribution in [0.15, 0.2) is 18.2 Å². The Bertz CT molecular complexity index is 1280. The number of benzene rings is 1. The van der Waals surface area contributed by atoms with Crippen LogP contribution in [0.1, 0.15) is 52.1 Å². The number of rotatable bonds is 9.